The number of amides is 1. The maximum absolute atomic E-state index is 11.7. The van der Waals surface area contributed by atoms with Gasteiger partial charge in [-0.05, 0) is 6.92 Å². The molecule has 1 amide bonds. The third-order valence-corrected chi connectivity index (χ3v) is 2.84. The molecular weight excluding hydrogens is 242 g/mol. The second-order valence-corrected chi connectivity index (χ2v) is 4.13. The lowest BCUT2D eigenvalue weighted by Crippen LogP contribution is -2.35. The van der Waals surface area contributed by atoms with Crippen LogP contribution in [0.5, 0.6) is 0 Å². The van der Waals surface area contributed by atoms with Gasteiger partial charge < -0.3 is 15.0 Å². The van der Waals surface area contributed by atoms with Crippen molar-refractivity contribution in [3.63, 3.8) is 0 Å². The highest BCUT2D eigenvalue weighted by Gasteiger charge is 2.36. The Morgan fingerprint density at radius 2 is 2.00 bits per heavy atom. The van der Waals surface area contributed by atoms with Crippen molar-refractivity contribution in [1.82, 2.24) is 9.97 Å². The molecule has 8 heteroatoms. The molecule has 0 aromatic carbocycles. The molecular formula is C10H11N3O5. The van der Waals surface area contributed by atoms with Gasteiger partial charge in [-0.2, -0.15) is 0 Å². The lowest BCUT2D eigenvalue weighted by atomic mass is 10.1. The van der Waals surface area contributed by atoms with Crippen LogP contribution in [0.3, 0.4) is 0 Å². The number of nitrogens with one attached hydrogen (secondary N) is 2. The minimum atomic E-state index is -1.08. The van der Waals surface area contributed by atoms with Crippen molar-refractivity contribution in [2.45, 2.75) is 13.3 Å². The van der Waals surface area contributed by atoms with Gasteiger partial charge in [-0.25, -0.2) is 4.79 Å². The van der Waals surface area contributed by atoms with E-state index in [-0.39, 0.29) is 24.3 Å². The van der Waals surface area contributed by atoms with E-state index in [9.17, 15) is 19.2 Å². The highest BCUT2D eigenvalue weighted by atomic mass is 16.4. The van der Waals surface area contributed by atoms with Gasteiger partial charge in [0, 0.05) is 18.7 Å². The summed E-state index contributed by atoms with van der Waals surface area (Å²) in [7, 11) is 0. The van der Waals surface area contributed by atoms with E-state index in [2.05, 4.69) is 4.98 Å². The first-order valence-electron chi connectivity index (χ1n) is 5.26. The summed E-state index contributed by atoms with van der Waals surface area (Å²) in [6.07, 6.45) is -0.145. The Bertz CT molecular complexity index is 629. The molecule has 0 radical (unpaired) electrons. The van der Waals surface area contributed by atoms with Gasteiger partial charge in [0.05, 0.1) is 5.92 Å². The molecule has 2 rings (SSSR count). The first-order chi connectivity index (χ1) is 8.40. The monoisotopic (exact) mass is 253 g/mol. The quantitative estimate of drug-likeness (QED) is 0.611. The van der Waals surface area contributed by atoms with Crippen LogP contribution in [0.4, 0.5) is 5.69 Å². The zero-order chi connectivity index (χ0) is 13.4. The molecule has 1 aliphatic heterocycles. The van der Waals surface area contributed by atoms with E-state index in [4.69, 9.17) is 5.11 Å². The Morgan fingerprint density at radius 1 is 1.33 bits per heavy atom. The molecule has 8 nitrogen and oxygen atoms in total. The number of rotatable bonds is 2. The molecule has 1 fully saturated rings. The Balaban J connectivity index is 2.45. The second-order valence-electron chi connectivity index (χ2n) is 4.13. The van der Waals surface area contributed by atoms with Crippen molar-refractivity contribution in [3.05, 3.63) is 26.5 Å². The van der Waals surface area contributed by atoms with E-state index in [1.165, 1.54) is 6.92 Å². The molecule has 0 spiro atoms. The van der Waals surface area contributed by atoms with Crippen LogP contribution in [-0.4, -0.2) is 33.5 Å². The van der Waals surface area contributed by atoms with Crippen molar-refractivity contribution in [2.75, 3.05) is 11.4 Å². The Hall–Kier alpha value is -2.38. The fourth-order valence-electron chi connectivity index (χ4n) is 2.01. The maximum Gasteiger partial charge on any atom is 0.326 e. The molecule has 0 bridgehead atoms. The second kappa shape index (κ2) is 4.13. The number of carbonyl (C=O) groups excluding carboxylic acids is 1. The number of aryl methyl sites for hydroxylation is 1. The van der Waals surface area contributed by atoms with E-state index >= 15 is 0 Å². The first kappa shape index (κ1) is 12.1. The smallest absolute Gasteiger partial charge is 0.326 e. The van der Waals surface area contributed by atoms with Crippen LogP contribution in [-0.2, 0) is 9.59 Å². The number of hydrogen-bond acceptors (Lipinski definition) is 4. The Labute approximate surface area is 100 Å². The van der Waals surface area contributed by atoms with Crippen LogP contribution < -0.4 is 16.1 Å². The minimum Gasteiger partial charge on any atom is -0.481 e. The number of hydrogen-bond donors (Lipinski definition) is 3. The van der Waals surface area contributed by atoms with Crippen molar-refractivity contribution >= 4 is 17.6 Å². The zero-order valence-corrected chi connectivity index (χ0v) is 9.52. The molecule has 96 valence electrons. The molecule has 1 aromatic heterocycles. The number of H-pyrrole nitrogens is 2. The van der Waals surface area contributed by atoms with Crippen molar-refractivity contribution in [1.29, 1.82) is 0 Å². The van der Waals surface area contributed by atoms with Crippen LogP contribution in [0.2, 0.25) is 0 Å². The first-order valence-corrected chi connectivity index (χ1v) is 5.26. The molecule has 1 atom stereocenters. The van der Waals surface area contributed by atoms with Crippen molar-refractivity contribution in [2.24, 2.45) is 5.92 Å². The van der Waals surface area contributed by atoms with Crippen LogP contribution >= 0.6 is 0 Å². The summed E-state index contributed by atoms with van der Waals surface area (Å²) in [6.45, 7) is 1.41. The normalized spacial score (nSPS) is 19.3. The highest BCUT2D eigenvalue weighted by molar-refractivity contribution is 5.99. The van der Waals surface area contributed by atoms with Gasteiger partial charge in [0.1, 0.15) is 5.69 Å². The summed E-state index contributed by atoms with van der Waals surface area (Å²) in [4.78, 5) is 50.7. The summed E-state index contributed by atoms with van der Waals surface area (Å²) in [5, 5.41) is 8.86. The molecule has 0 aliphatic carbocycles. The number of anilines is 1. The molecule has 1 aliphatic rings. The van der Waals surface area contributed by atoms with Crippen molar-refractivity contribution < 1.29 is 14.7 Å². The fourth-order valence-corrected chi connectivity index (χ4v) is 2.01. The maximum atomic E-state index is 11.7. The molecule has 1 unspecified atom stereocenters. The van der Waals surface area contributed by atoms with Crippen LogP contribution in [0.15, 0.2) is 9.59 Å². The molecule has 0 saturated carbocycles. The summed E-state index contributed by atoms with van der Waals surface area (Å²) < 4.78 is 0. The van der Waals surface area contributed by atoms with Gasteiger partial charge >= 0.3 is 11.7 Å². The van der Waals surface area contributed by atoms with Gasteiger partial charge in [0.2, 0.25) is 5.91 Å². The van der Waals surface area contributed by atoms with Gasteiger partial charge in [-0.15, -0.1) is 0 Å². The third kappa shape index (κ3) is 1.92. The summed E-state index contributed by atoms with van der Waals surface area (Å²) in [6, 6.07) is 0. The topological polar surface area (TPSA) is 123 Å². The molecule has 2 heterocycles. The standard InChI is InChI=1S/C10H11N3O5/c1-4-7(8(15)12-10(18)11-4)13-3-5(9(16)17)2-6(13)14/h5H,2-3H2,1H3,(H,16,17)(H2,11,12,15,18). The number of aromatic amines is 2. The largest absolute Gasteiger partial charge is 0.481 e. The predicted molar refractivity (Wildman–Crippen MR) is 60.5 cm³/mol. The lowest BCUT2D eigenvalue weighted by Gasteiger charge is -2.16. The van der Waals surface area contributed by atoms with Crippen molar-refractivity contribution in [3.8, 4) is 0 Å². The summed E-state index contributed by atoms with van der Waals surface area (Å²) in [5.74, 6) is -2.35. The van der Waals surface area contributed by atoms with Gasteiger partial charge in [-0.3, -0.25) is 19.4 Å². The average Bonchev–Trinajstić information content (AvgIpc) is 2.59. The number of nitrogens with zero attached hydrogens (tertiary/aromatic N) is 1. The number of carbonyl (C=O) groups is 2. The number of aliphatic carboxylic acids is 1. The number of aromatic nitrogens is 2. The van der Waals surface area contributed by atoms with Crippen LogP contribution in [0.25, 0.3) is 0 Å². The lowest BCUT2D eigenvalue weighted by molar-refractivity contribution is -0.141. The number of carboxylic acids is 1. The van der Waals surface area contributed by atoms with Gasteiger partial charge in [-0.1, -0.05) is 0 Å². The van der Waals surface area contributed by atoms with Gasteiger partial charge in [0.25, 0.3) is 5.56 Å². The van der Waals surface area contributed by atoms with E-state index in [0.29, 0.717) is 0 Å². The Morgan fingerprint density at radius 3 is 2.50 bits per heavy atom. The van der Waals surface area contributed by atoms with Crippen LogP contribution in [0, 0.1) is 12.8 Å². The van der Waals surface area contributed by atoms with Crippen LogP contribution in [0.1, 0.15) is 12.1 Å². The minimum absolute atomic E-state index is 0.00310. The molecule has 3 N–H and O–H groups in total. The predicted octanol–water partition coefficient (Wildman–Crippen LogP) is -1.19. The average molecular weight is 253 g/mol. The highest BCUT2D eigenvalue weighted by Crippen LogP contribution is 2.23. The molecule has 1 aromatic rings. The van der Waals surface area contributed by atoms with Gasteiger partial charge in [0.15, 0.2) is 0 Å². The Kier molecular flexibility index (Phi) is 2.77. The molecule has 1 saturated heterocycles. The molecule has 18 heavy (non-hydrogen) atoms. The third-order valence-electron chi connectivity index (χ3n) is 2.84. The summed E-state index contributed by atoms with van der Waals surface area (Å²) in [5.41, 5.74) is -1.12. The SMILES string of the molecule is Cc1[nH]c(=O)[nH]c(=O)c1N1CC(C(=O)O)CC1=O. The number of carboxylic acid groups (broad SMARTS) is 1. The summed E-state index contributed by atoms with van der Waals surface area (Å²) >= 11 is 0. The van der Waals surface area contributed by atoms with E-state index < -0.39 is 29.0 Å². The van der Waals surface area contributed by atoms with E-state index in [1.807, 2.05) is 4.98 Å². The van der Waals surface area contributed by atoms with E-state index in [0.717, 1.165) is 4.90 Å². The zero-order valence-electron chi connectivity index (χ0n) is 9.52. The fraction of sp³-hybridized carbons (Fsp3) is 0.400. The van der Waals surface area contributed by atoms with E-state index in [1.54, 1.807) is 0 Å².